The number of nitriles is 1. The van der Waals surface area contributed by atoms with Gasteiger partial charge in [-0.3, -0.25) is 0 Å². The van der Waals surface area contributed by atoms with Crippen molar-refractivity contribution in [3.05, 3.63) is 12.4 Å². The van der Waals surface area contributed by atoms with Crippen molar-refractivity contribution in [1.29, 1.82) is 5.26 Å². The topological polar surface area (TPSA) is 33.0 Å². The fourth-order valence-electron chi connectivity index (χ4n) is 0.292. The molecule has 0 unspecified atom stereocenters. The molecule has 7 heteroatoms. The van der Waals surface area contributed by atoms with Crippen molar-refractivity contribution < 1.29 is 26.7 Å². The van der Waals surface area contributed by atoms with Crippen LogP contribution in [0.15, 0.2) is 12.4 Å². The van der Waals surface area contributed by atoms with Gasteiger partial charge in [-0.05, 0) is 0 Å². The maximum Gasteiger partial charge on any atom is 0.408 e. The van der Waals surface area contributed by atoms with E-state index in [0.717, 1.165) is 0 Å². The van der Waals surface area contributed by atoms with E-state index >= 15 is 0 Å². The molecule has 13 heavy (non-hydrogen) atoms. The molecule has 0 saturated carbocycles. The number of nitrogens with zero attached hydrogens (tertiary/aromatic N) is 1. The Morgan fingerprint density at radius 3 is 2.15 bits per heavy atom. The molecule has 0 aliphatic heterocycles. The first kappa shape index (κ1) is 11.8. The van der Waals surface area contributed by atoms with Crippen LogP contribution in [0, 0.1) is 11.3 Å². The van der Waals surface area contributed by atoms with E-state index in [1.54, 1.807) is 0 Å². The molecule has 0 aromatic carbocycles. The largest absolute Gasteiger partial charge is 0.408 e. The highest BCUT2D eigenvalue weighted by Crippen LogP contribution is 2.27. The summed E-state index contributed by atoms with van der Waals surface area (Å²) < 4.78 is 63.0. The SMILES string of the molecule is C=C(F)C(F)(F)OCC(F)(F)C#N. The summed E-state index contributed by atoms with van der Waals surface area (Å²) in [6.45, 7) is 0.294. The first-order chi connectivity index (χ1) is 5.71. The maximum absolute atomic E-state index is 12.1. The van der Waals surface area contributed by atoms with Gasteiger partial charge in [0.1, 0.15) is 12.7 Å². The summed E-state index contributed by atoms with van der Waals surface area (Å²) in [5.74, 6) is -6.26. The second-order valence-corrected chi connectivity index (χ2v) is 2.03. The fraction of sp³-hybridized carbons (Fsp3) is 0.500. The fourth-order valence-corrected chi connectivity index (χ4v) is 0.292. The Kier molecular flexibility index (Phi) is 3.37. The normalized spacial score (nSPS) is 12.3. The van der Waals surface area contributed by atoms with Gasteiger partial charge in [-0.1, -0.05) is 6.58 Å². The van der Waals surface area contributed by atoms with Gasteiger partial charge in [-0.2, -0.15) is 22.8 Å². The molecule has 0 aliphatic carbocycles. The molecular weight excluding hydrogens is 197 g/mol. The third-order valence-electron chi connectivity index (χ3n) is 0.914. The van der Waals surface area contributed by atoms with Crippen LogP contribution in [0.2, 0.25) is 0 Å². The Morgan fingerprint density at radius 1 is 1.38 bits per heavy atom. The Labute approximate surface area is 70.2 Å². The zero-order valence-corrected chi connectivity index (χ0v) is 6.16. The van der Waals surface area contributed by atoms with E-state index in [9.17, 15) is 22.0 Å². The third-order valence-corrected chi connectivity index (χ3v) is 0.914. The Balaban J connectivity index is 4.19. The molecule has 0 aromatic heterocycles. The Bertz CT molecular complexity index is 244. The number of hydrogen-bond acceptors (Lipinski definition) is 2. The van der Waals surface area contributed by atoms with Gasteiger partial charge in [0.05, 0.1) is 0 Å². The summed E-state index contributed by atoms with van der Waals surface area (Å²) in [6.07, 6.45) is -4.49. The van der Waals surface area contributed by atoms with Gasteiger partial charge in [-0.25, -0.2) is 4.39 Å². The van der Waals surface area contributed by atoms with Gasteiger partial charge in [0.15, 0.2) is 5.83 Å². The average molecular weight is 201 g/mol. The minimum absolute atomic E-state index is 0.409. The molecule has 74 valence electrons. The monoisotopic (exact) mass is 201 g/mol. The molecule has 0 aliphatic rings. The summed E-state index contributed by atoms with van der Waals surface area (Å²) in [5, 5.41) is 7.69. The highest BCUT2D eigenvalue weighted by Gasteiger charge is 2.40. The van der Waals surface area contributed by atoms with E-state index in [2.05, 4.69) is 11.3 Å². The number of ether oxygens (including phenoxy) is 1. The molecule has 0 atom stereocenters. The lowest BCUT2D eigenvalue weighted by molar-refractivity contribution is -0.242. The molecule has 0 rings (SSSR count). The zero-order valence-electron chi connectivity index (χ0n) is 6.16. The number of rotatable bonds is 4. The van der Waals surface area contributed by atoms with Crippen molar-refractivity contribution in [3.8, 4) is 6.07 Å². The third kappa shape index (κ3) is 3.85. The van der Waals surface area contributed by atoms with E-state index in [0.29, 0.717) is 6.07 Å². The summed E-state index contributed by atoms with van der Waals surface area (Å²) in [6, 6.07) is 0.409. The molecule has 0 radical (unpaired) electrons. The van der Waals surface area contributed by atoms with Crippen molar-refractivity contribution in [3.63, 3.8) is 0 Å². The predicted octanol–water partition coefficient (Wildman–Crippen LogP) is 2.24. The molecule has 0 heterocycles. The molecule has 0 amide bonds. The van der Waals surface area contributed by atoms with Gasteiger partial charge in [0, 0.05) is 0 Å². The molecular formula is C6H4F5NO. The predicted molar refractivity (Wildman–Crippen MR) is 31.7 cm³/mol. The zero-order chi connectivity index (χ0) is 10.7. The summed E-state index contributed by atoms with van der Waals surface area (Å²) in [7, 11) is 0. The van der Waals surface area contributed by atoms with Crippen LogP contribution in [-0.2, 0) is 4.74 Å². The molecule has 0 spiro atoms. The number of hydrogen-bond donors (Lipinski definition) is 0. The number of alkyl halides is 4. The minimum Gasteiger partial charge on any atom is -0.307 e. The van der Waals surface area contributed by atoms with Gasteiger partial charge in [0.2, 0.25) is 0 Å². The second kappa shape index (κ2) is 3.70. The Hall–Kier alpha value is -1.16. The van der Waals surface area contributed by atoms with Gasteiger partial charge in [-0.15, -0.1) is 0 Å². The lowest BCUT2D eigenvalue weighted by Crippen LogP contribution is -2.30. The van der Waals surface area contributed by atoms with E-state index in [1.165, 1.54) is 0 Å². The highest BCUT2D eigenvalue weighted by atomic mass is 19.3. The van der Waals surface area contributed by atoms with Crippen molar-refractivity contribution in [2.45, 2.75) is 12.0 Å². The average Bonchev–Trinajstić information content (AvgIpc) is 2.01. The molecule has 0 aromatic rings. The van der Waals surface area contributed by atoms with Gasteiger partial charge < -0.3 is 4.74 Å². The first-order valence-corrected chi connectivity index (χ1v) is 2.87. The smallest absolute Gasteiger partial charge is 0.307 e. The van der Waals surface area contributed by atoms with Gasteiger partial charge >= 0.3 is 12.0 Å². The van der Waals surface area contributed by atoms with Crippen LogP contribution in [0.25, 0.3) is 0 Å². The quantitative estimate of drug-likeness (QED) is 0.653. The molecule has 0 N–H and O–H groups in total. The second-order valence-electron chi connectivity index (χ2n) is 2.03. The van der Waals surface area contributed by atoms with Crippen LogP contribution >= 0.6 is 0 Å². The van der Waals surface area contributed by atoms with Gasteiger partial charge in [0.25, 0.3) is 0 Å². The van der Waals surface area contributed by atoms with E-state index in [4.69, 9.17) is 5.26 Å². The maximum atomic E-state index is 12.1. The summed E-state index contributed by atoms with van der Waals surface area (Å²) >= 11 is 0. The van der Waals surface area contributed by atoms with Crippen molar-refractivity contribution in [2.24, 2.45) is 0 Å². The molecule has 0 bridgehead atoms. The van der Waals surface area contributed by atoms with Crippen molar-refractivity contribution in [2.75, 3.05) is 6.61 Å². The van der Waals surface area contributed by atoms with Crippen LogP contribution in [0.1, 0.15) is 0 Å². The molecule has 0 fully saturated rings. The first-order valence-electron chi connectivity index (χ1n) is 2.87. The van der Waals surface area contributed by atoms with Crippen LogP contribution in [-0.4, -0.2) is 18.6 Å². The summed E-state index contributed by atoms with van der Waals surface area (Å²) in [4.78, 5) is 0. The van der Waals surface area contributed by atoms with E-state index in [1.807, 2.05) is 0 Å². The lowest BCUT2D eigenvalue weighted by Gasteiger charge is -2.15. The van der Waals surface area contributed by atoms with E-state index < -0.39 is 24.5 Å². The van der Waals surface area contributed by atoms with Crippen LogP contribution < -0.4 is 0 Å². The minimum atomic E-state index is -4.49. The standard InChI is InChI=1S/C6H4F5NO/c1-4(7)6(10,11)13-3-5(8,9)2-12/h1,3H2. The molecule has 2 nitrogen and oxygen atoms in total. The van der Waals surface area contributed by atoms with Crippen LogP contribution in [0.5, 0.6) is 0 Å². The van der Waals surface area contributed by atoms with Crippen molar-refractivity contribution in [1.82, 2.24) is 0 Å². The number of halogens is 5. The molecule has 0 saturated heterocycles. The lowest BCUT2D eigenvalue weighted by atomic mass is 10.4. The highest BCUT2D eigenvalue weighted by molar-refractivity contribution is 4.95. The van der Waals surface area contributed by atoms with Crippen LogP contribution in [0.3, 0.4) is 0 Å². The van der Waals surface area contributed by atoms with Crippen LogP contribution in [0.4, 0.5) is 22.0 Å². The summed E-state index contributed by atoms with van der Waals surface area (Å²) in [5.41, 5.74) is 0. The Morgan fingerprint density at radius 2 is 1.85 bits per heavy atom. The van der Waals surface area contributed by atoms with E-state index in [-0.39, 0.29) is 0 Å². The van der Waals surface area contributed by atoms with Crippen molar-refractivity contribution >= 4 is 0 Å².